The van der Waals surface area contributed by atoms with E-state index in [4.69, 9.17) is 9.47 Å². The van der Waals surface area contributed by atoms with E-state index in [9.17, 15) is 14.4 Å². The van der Waals surface area contributed by atoms with Crippen LogP contribution in [-0.4, -0.2) is 40.1 Å². The molecule has 1 aliphatic rings. The van der Waals surface area contributed by atoms with Crippen LogP contribution >= 0.6 is 43.6 Å². The van der Waals surface area contributed by atoms with Gasteiger partial charge < -0.3 is 14.8 Å². The molecule has 1 heterocycles. The molecule has 0 saturated carbocycles. The van der Waals surface area contributed by atoms with Crippen LogP contribution < -0.4 is 14.8 Å². The molecule has 0 aliphatic carbocycles. The molecular formula is C42H37Br2N3O5S. The van der Waals surface area contributed by atoms with Crippen molar-refractivity contribution in [3.8, 4) is 11.5 Å². The third-order valence-corrected chi connectivity index (χ3v) is 10.0. The van der Waals surface area contributed by atoms with Gasteiger partial charge in [0.1, 0.15) is 12.2 Å². The number of aliphatic imine (C=N–C) groups is 1. The fraction of sp³-hybridized carbons (Fsp3) is 0.143. The molecule has 0 spiro atoms. The number of carbonyl (C=O) groups excluding carboxylic acids is 3. The molecule has 0 aromatic heterocycles. The van der Waals surface area contributed by atoms with Crippen LogP contribution in [0.5, 0.6) is 11.5 Å². The number of amides is 3. The molecular weight excluding hydrogens is 818 g/mol. The molecule has 0 radical (unpaired) electrons. The van der Waals surface area contributed by atoms with E-state index in [1.54, 1.807) is 43.4 Å². The molecule has 4 aromatic carbocycles. The highest BCUT2D eigenvalue weighted by atomic mass is 79.9. The summed E-state index contributed by atoms with van der Waals surface area (Å²) in [5, 5.41) is 3.19. The van der Waals surface area contributed by atoms with Crippen LogP contribution in [0.25, 0.3) is 6.08 Å². The number of hydrogen-bond acceptors (Lipinski definition) is 6. The number of allylic oxidation sites excluding steroid dienone is 4. The highest BCUT2D eigenvalue weighted by Crippen LogP contribution is 2.36. The van der Waals surface area contributed by atoms with E-state index < -0.39 is 17.9 Å². The molecule has 0 bridgehead atoms. The van der Waals surface area contributed by atoms with E-state index in [0.29, 0.717) is 40.4 Å². The SMILES string of the molecule is C=C/C=C\C(=C/C)N1C(=O)/C(=C/c2cc(OCC)c(OCc3ccc(Br)cc3)cc2Br)C(=O)N=C1SCC(=O)NC(c1ccccc1)c1ccccc1. The van der Waals surface area contributed by atoms with E-state index >= 15 is 0 Å². The Kier molecular flexibility index (Phi) is 14.2. The van der Waals surface area contributed by atoms with Gasteiger partial charge in [0.2, 0.25) is 5.91 Å². The predicted molar refractivity (Wildman–Crippen MR) is 219 cm³/mol. The topological polar surface area (TPSA) is 97.3 Å². The normalized spacial score (nSPS) is 14.1. The Balaban J connectivity index is 1.42. The maximum atomic E-state index is 14.2. The van der Waals surface area contributed by atoms with Crippen LogP contribution in [0.3, 0.4) is 0 Å². The molecule has 0 unspecified atom stereocenters. The lowest BCUT2D eigenvalue weighted by Crippen LogP contribution is -2.42. The molecule has 11 heteroatoms. The monoisotopic (exact) mass is 853 g/mol. The molecule has 1 aliphatic heterocycles. The summed E-state index contributed by atoms with van der Waals surface area (Å²) in [5.74, 6) is -0.779. The van der Waals surface area contributed by atoms with Crippen molar-refractivity contribution < 1.29 is 23.9 Å². The van der Waals surface area contributed by atoms with Crippen molar-refractivity contribution in [1.82, 2.24) is 10.2 Å². The minimum atomic E-state index is -0.732. The second-order valence-electron chi connectivity index (χ2n) is 11.5. The predicted octanol–water partition coefficient (Wildman–Crippen LogP) is 9.58. The summed E-state index contributed by atoms with van der Waals surface area (Å²) in [4.78, 5) is 47.0. The van der Waals surface area contributed by atoms with Gasteiger partial charge in [-0.25, -0.2) is 0 Å². The van der Waals surface area contributed by atoms with Crippen molar-refractivity contribution in [3.05, 3.63) is 170 Å². The zero-order chi connectivity index (χ0) is 37.7. The first-order valence-corrected chi connectivity index (χ1v) is 19.3. The summed E-state index contributed by atoms with van der Waals surface area (Å²) in [6.45, 7) is 8.05. The first kappa shape index (κ1) is 39.2. The molecule has 1 N–H and O–H groups in total. The van der Waals surface area contributed by atoms with Gasteiger partial charge in [-0.2, -0.15) is 4.99 Å². The quantitative estimate of drug-likeness (QED) is 0.0772. The lowest BCUT2D eigenvalue weighted by atomic mass is 9.99. The van der Waals surface area contributed by atoms with Gasteiger partial charge in [0.25, 0.3) is 11.8 Å². The molecule has 8 nitrogen and oxygen atoms in total. The Labute approximate surface area is 330 Å². The Morgan fingerprint density at radius 2 is 1.58 bits per heavy atom. The number of nitrogens with zero attached hydrogens (tertiary/aromatic N) is 2. The van der Waals surface area contributed by atoms with E-state index in [-0.39, 0.29) is 22.4 Å². The highest BCUT2D eigenvalue weighted by molar-refractivity contribution is 9.10. The molecule has 0 fully saturated rings. The number of nitrogens with one attached hydrogen (secondary N) is 1. The van der Waals surface area contributed by atoms with Gasteiger partial charge in [0.05, 0.1) is 18.4 Å². The van der Waals surface area contributed by atoms with E-state index in [1.807, 2.05) is 91.9 Å². The smallest absolute Gasteiger partial charge is 0.285 e. The van der Waals surface area contributed by atoms with Gasteiger partial charge in [-0.1, -0.05) is 141 Å². The maximum absolute atomic E-state index is 14.2. The first-order valence-electron chi connectivity index (χ1n) is 16.7. The number of ether oxygens (including phenoxy) is 2. The van der Waals surface area contributed by atoms with E-state index in [1.165, 1.54) is 11.0 Å². The van der Waals surface area contributed by atoms with Gasteiger partial charge in [0, 0.05) is 14.6 Å². The number of rotatable bonds is 14. The standard InChI is InChI=1S/C42H37Br2N3O5S/c1-4-7-18-33(5-2)47-41(50)34(23-31-24-36(51-6-3)37(25-35(31)44)52-26-28-19-21-32(43)22-20-28)40(49)46-42(47)53-27-38(48)45-39(29-14-10-8-11-15-29)30-16-12-9-13-17-30/h4-5,7-25,39H,1,6,26-27H2,2-3H3,(H,45,48)/b18-7-,33-5+,34-23+. The molecule has 5 rings (SSSR count). The van der Waals surface area contributed by atoms with Crippen molar-refractivity contribution >= 4 is 72.6 Å². The van der Waals surface area contributed by atoms with Crippen molar-refractivity contribution in [3.63, 3.8) is 0 Å². The maximum Gasteiger partial charge on any atom is 0.285 e. The Hall–Kier alpha value is -4.97. The van der Waals surface area contributed by atoms with Gasteiger partial charge in [0.15, 0.2) is 16.7 Å². The molecule has 4 aromatic rings. The molecule has 0 atom stereocenters. The van der Waals surface area contributed by atoms with Crippen LogP contribution in [0.4, 0.5) is 0 Å². The van der Waals surface area contributed by atoms with Crippen molar-refractivity contribution in [2.75, 3.05) is 12.4 Å². The van der Waals surface area contributed by atoms with Crippen LogP contribution in [-0.2, 0) is 21.0 Å². The number of carbonyl (C=O) groups is 3. The fourth-order valence-corrected chi connectivity index (χ4v) is 6.84. The molecule has 270 valence electrons. The van der Waals surface area contributed by atoms with Gasteiger partial charge in [-0.3, -0.25) is 19.3 Å². The lowest BCUT2D eigenvalue weighted by Gasteiger charge is -2.28. The molecule has 3 amide bonds. The lowest BCUT2D eigenvalue weighted by molar-refractivity contribution is -0.126. The molecule has 0 saturated heterocycles. The number of benzene rings is 4. The largest absolute Gasteiger partial charge is 0.490 e. The van der Waals surface area contributed by atoms with Gasteiger partial charge >= 0.3 is 0 Å². The van der Waals surface area contributed by atoms with Crippen LogP contribution in [0.1, 0.15) is 42.1 Å². The Morgan fingerprint density at radius 3 is 2.19 bits per heavy atom. The average Bonchev–Trinajstić information content (AvgIpc) is 3.17. The number of halogens is 2. The fourth-order valence-electron chi connectivity index (χ4n) is 5.33. The van der Waals surface area contributed by atoms with Crippen molar-refractivity contribution in [1.29, 1.82) is 0 Å². The number of thioether (sulfide) groups is 1. The zero-order valence-corrected chi connectivity index (χ0v) is 33.1. The summed E-state index contributed by atoms with van der Waals surface area (Å²) >= 11 is 8.04. The summed E-state index contributed by atoms with van der Waals surface area (Å²) in [6, 6.07) is 30.2. The second-order valence-corrected chi connectivity index (χ2v) is 14.2. The van der Waals surface area contributed by atoms with Gasteiger partial charge in [-0.05, 0) is 72.5 Å². The summed E-state index contributed by atoms with van der Waals surface area (Å²) in [6.07, 6.45) is 8.16. The first-order chi connectivity index (χ1) is 25.7. The second kappa shape index (κ2) is 19.2. The summed E-state index contributed by atoms with van der Waals surface area (Å²) < 4.78 is 13.6. The minimum absolute atomic E-state index is 0.0795. The zero-order valence-electron chi connectivity index (χ0n) is 29.1. The number of amidine groups is 1. The summed E-state index contributed by atoms with van der Waals surface area (Å²) in [7, 11) is 0. The van der Waals surface area contributed by atoms with E-state index in [2.05, 4.69) is 48.7 Å². The minimum Gasteiger partial charge on any atom is -0.490 e. The van der Waals surface area contributed by atoms with Crippen molar-refractivity contribution in [2.45, 2.75) is 26.5 Å². The van der Waals surface area contributed by atoms with Gasteiger partial charge in [-0.15, -0.1) is 0 Å². The Morgan fingerprint density at radius 1 is 0.943 bits per heavy atom. The van der Waals surface area contributed by atoms with Crippen LogP contribution in [0.15, 0.2) is 153 Å². The Bertz CT molecular complexity index is 2040. The highest BCUT2D eigenvalue weighted by Gasteiger charge is 2.35. The van der Waals surface area contributed by atoms with Crippen molar-refractivity contribution in [2.24, 2.45) is 4.99 Å². The van der Waals surface area contributed by atoms with Crippen LogP contribution in [0.2, 0.25) is 0 Å². The van der Waals surface area contributed by atoms with E-state index in [0.717, 1.165) is 32.9 Å². The third-order valence-electron chi connectivity index (χ3n) is 7.88. The average molecular weight is 856 g/mol. The molecule has 53 heavy (non-hydrogen) atoms. The third kappa shape index (κ3) is 10.3. The summed E-state index contributed by atoms with van der Waals surface area (Å²) in [5.41, 5.74) is 3.62. The number of hydrogen-bond donors (Lipinski definition) is 1. The van der Waals surface area contributed by atoms with Crippen LogP contribution in [0, 0.1) is 0 Å².